The van der Waals surface area contributed by atoms with Crippen molar-refractivity contribution >= 4 is 17.8 Å². The van der Waals surface area contributed by atoms with E-state index < -0.39 is 17.9 Å². The van der Waals surface area contributed by atoms with Gasteiger partial charge in [-0.05, 0) is 44.9 Å². The second kappa shape index (κ2) is 19.2. The van der Waals surface area contributed by atoms with E-state index in [1.807, 2.05) is 0 Å². The van der Waals surface area contributed by atoms with E-state index in [9.17, 15) is 14.4 Å². The number of amides is 2. The van der Waals surface area contributed by atoms with Crippen molar-refractivity contribution < 1.29 is 19.5 Å². The molecule has 0 aliphatic carbocycles. The summed E-state index contributed by atoms with van der Waals surface area (Å²) in [6.07, 6.45) is 21.4. The maximum absolute atomic E-state index is 11.8. The van der Waals surface area contributed by atoms with Gasteiger partial charge in [-0.25, -0.2) is 4.79 Å². The minimum Gasteiger partial charge on any atom is -0.480 e. The minimum absolute atomic E-state index is 0.0264. The highest BCUT2D eigenvalue weighted by atomic mass is 16.4. The van der Waals surface area contributed by atoms with Gasteiger partial charge in [-0.1, -0.05) is 63.3 Å². The highest BCUT2D eigenvalue weighted by Gasteiger charge is 2.20. The first-order valence-electron chi connectivity index (χ1n) is 11.1. The van der Waals surface area contributed by atoms with E-state index >= 15 is 0 Å². The van der Waals surface area contributed by atoms with Crippen LogP contribution in [0.25, 0.3) is 0 Å². The number of carbonyl (C=O) groups excluding carboxylic acids is 2. The Morgan fingerprint density at radius 2 is 1.45 bits per heavy atom. The molecule has 0 rings (SSSR count). The van der Waals surface area contributed by atoms with Crippen LogP contribution in [0.5, 0.6) is 0 Å². The number of allylic oxidation sites excluding steroid dienone is 4. The molecule has 1 unspecified atom stereocenters. The molecule has 166 valence electrons. The van der Waals surface area contributed by atoms with Crippen molar-refractivity contribution in [1.29, 1.82) is 0 Å². The van der Waals surface area contributed by atoms with Gasteiger partial charge in [0.2, 0.25) is 11.8 Å². The topological polar surface area (TPSA) is 109 Å². The molecule has 0 heterocycles. The molecule has 0 aliphatic heterocycles. The van der Waals surface area contributed by atoms with E-state index in [1.165, 1.54) is 25.7 Å². The number of aliphatic carboxylic acids is 1. The number of rotatable bonds is 19. The maximum atomic E-state index is 11.8. The summed E-state index contributed by atoms with van der Waals surface area (Å²) in [5.41, 5.74) is 5.02. The zero-order valence-electron chi connectivity index (χ0n) is 18.0. The summed E-state index contributed by atoms with van der Waals surface area (Å²) in [5, 5.41) is 11.5. The lowest BCUT2D eigenvalue weighted by Crippen LogP contribution is -2.41. The molecule has 6 nitrogen and oxygen atoms in total. The fraction of sp³-hybridized carbons (Fsp3) is 0.696. The summed E-state index contributed by atoms with van der Waals surface area (Å²) in [7, 11) is 0. The van der Waals surface area contributed by atoms with Gasteiger partial charge in [0.15, 0.2) is 0 Å². The lowest BCUT2D eigenvalue weighted by atomic mass is 10.1. The third-order valence-electron chi connectivity index (χ3n) is 4.67. The molecule has 0 aromatic carbocycles. The van der Waals surface area contributed by atoms with Gasteiger partial charge in [-0.15, -0.1) is 0 Å². The third-order valence-corrected chi connectivity index (χ3v) is 4.67. The summed E-state index contributed by atoms with van der Waals surface area (Å²) < 4.78 is 0. The highest BCUT2D eigenvalue weighted by molar-refractivity contribution is 5.84. The van der Waals surface area contributed by atoms with E-state index in [1.54, 1.807) is 0 Å². The van der Waals surface area contributed by atoms with Crippen molar-refractivity contribution in [1.82, 2.24) is 5.32 Å². The molecular formula is C23H40N2O4. The molecule has 0 fully saturated rings. The first-order valence-corrected chi connectivity index (χ1v) is 11.1. The molecule has 0 spiro atoms. The van der Waals surface area contributed by atoms with Crippen LogP contribution in [-0.2, 0) is 14.4 Å². The molecule has 2 amide bonds. The van der Waals surface area contributed by atoms with E-state index in [0.29, 0.717) is 6.42 Å². The van der Waals surface area contributed by atoms with Gasteiger partial charge in [0, 0.05) is 12.8 Å². The van der Waals surface area contributed by atoms with Crippen molar-refractivity contribution in [2.75, 3.05) is 0 Å². The van der Waals surface area contributed by atoms with Gasteiger partial charge in [-0.2, -0.15) is 0 Å². The quantitative estimate of drug-likeness (QED) is 0.214. The average molecular weight is 409 g/mol. The lowest BCUT2D eigenvalue weighted by Gasteiger charge is -2.13. The smallest absolute Gasteiger partial charge is 0.326 e. The number of primary amides is 1. The van der Waals surface area contributed by atoms with Gasteiger partial charge in [0.25, 0.3) is 0 Å². The van der Waals surface area contributed by atoms with Crippen LogP contribution in [0.2, 0.25) is 0 Å². The standard InChI is InChI=1S/C23H40N2O4/c1-2-3-4-5-6-7-8-9-10-11-12-13-14-15-16-17-22(27)25-20(23(28)29)18-19-21(24)26/h6-7,9-10,20H,2-5,8,11-19H2,1H3,(H2,24,26)(H,25,27)(H,28,29)/b7-6-,10-9-. The van der Waals surface area contributed by atoms with Gasteiger partial charge in [0.1, 0.15) is 6.04 Å². The van der Waals surface area contributed by atoms with Crippen molar-refractivity contribution in [2.45, 2.75) is 103 Å². The SMILES string of the molecule is CCCCC/C=C\C/C=C\CCCCCCCC(=O)NC(CCC(N)=O)C(=O)O. The van der Waals surface area contributed by atoms with E-state index in [0.717, 1.165) is 44.9 Å². The lowest BCUT2D eigenvalue weighted by molar-refractivity contribution is -0.142. The van der Waals surface area contributed by atoms with Gasteiger partial charge >= 0.3 is 5.97 Å². The molecule has 0 bridgehead atoms. The third kappa shape index (κ3) is 19.0. The van der Waals surface area contributed by atoms with Crippen molar-refractivity contribution in [3.8, 4) is 0 Å². The fourth-order valence-electron chi connectivity index (χ4n) is 2.91. The number of carboxylic acids is 1. The summed E-state index contributed by atoms with van der Waals surface area (Å²) in [6.45, 7) is 2.22. The molecule has 0 saturated carbocycles. The van der Waals surface area contributed by atoms with E-state index in [-0.39, 0.29) is 18.7 Å². The molecule has 0 aromatic heterocycles. The predicted octanol–water partition coefficient (Wildman–Crippen LogP) is 4.63. The number of hydrogen-bond donors (Lipinski definition) is 3. The largest absolute Gasteiger partial charge is 0.480 e. The van der Waals surface area contributed by atoms with Crippen LogP contribution in [0.3, 0.4) is 0 Å². The summed E-state index contributed by atoms with van der Waals surface area (Å²) in [4.78, 5) is 33.7. The summed E-state index contributed by atoms with van der Waals surface area (Å²) in [6, 6.07) is -1.05. The molecule has 1 atom stereocenters. The first kappa shape index (κ1) is 26.9. The molecule has 0 radical (unpaired) electrons. The van der Waals surface area contributed by atoms with Gasteiger partial charge < -0.3 is 16.2 Å². The van der Waals surface area contributed by atoms with E-state index in [2.05, 4.69) is 36.5 Å². The fourth-order valence-corrected chi connectivity index (χ4v) is 2.91. The minimum atomic E-state index is -1.14. The number of nitrogens with two attached hydrogens (primary N) is 1. The predicted molar refractivity (Wildman–Crippen MR) is 117 cm³/mol. The Hall–Kier alpha value is -2.11. The molecule has 0 aromatic rings. The molecular weight excluding hydrogens is 368 g/mol. The number of carbonyl (C=O) groups is 3. The number of hydrogen-bond acceptors (Lipinski definition) is 3. The number of unbranched alkanes of at least 4 members (excludes halogenated alkanes) is 8. The van der Waals surface area contributed by atoms with Crippen molar-refractivity contribution in [3.63, 3.8) is 0 Å². The van der Waals surface area contributed by atoms with Crippen LogP contribution >= 0.6 is 0 Å². The molecule has 0 saturated heterocycles. The Kier molecular flexibility index (Phi) is 17.8. The average Bonchev–Trinajstić information content (AvgIpc) is 2.67. The number of carboxylic acid groups (broad SMARTS) is 1. The Morgan fingerprint density at radius 1 is 0.862 bits per heavy atom. The number of nitrogens with one attached hydrogen (secondary N) is 1. The summed E-state index contributed by atoms with van der Waals surface area (Å²) in [5.74, 6) is -1.99. The Labute approximate surface area is 176 Å². The van der Waals surface area contributed by atoms with Gasteiger partial charge in [-0.3, -0.25) is 9.59 Å². The van der Waals surface area contributed by atoms with Crippen LogP contribution in [-0.4, -0.2) is 28.9 Å². The monoisotopic (exact) mass is 408 g/mol. The summed E-state index contributed by atoms with van der Waals surface area (Å²) >= 11 is 0. The molecule has 6 heteroatoms. The Bertz CT molecular complexity index is 515. The van der Waals surface area contributed by atoms with Crippen molar-refractivity contribution in [2.24, 2.45) is 5.73 Å². The van der Waals surface area contributed by atoms with Crippen LogP contribution in [0, 0.1) is 0 Å². The van der Waals surface area contributed by atoms with Crippen LogP contribution in [0.1, 0.15) is 96.8 Å². The Balaban J connectivity index is 3.61. The first-order chi connectivity index (χ1) is 14.0. The zero-order valence-corrected chi connectivity index (χ0v) is 18.0. The van der Waals surface area contributed by atoms with Crippen molar-refractivity contribution in [3.05, 3.63) is 24.3 Å². The van der Waals surface area contributed by atoms with Crippen LogP contribution < -0.4 is 11.1 Å². The highest BCUT2D eigenvalue weighted by Crippen LogP contribution is 2.08. The van der Waals surface area contributed by atoms with E-state index in [4.69, 9.17) is 10.8 Å². The second-order valence-electron chi connectivity index (χ2n) is 7.44. The molecule has 29 heavy (non-hydrogen) atoms. The maximum Gasteiger partial charge on any atom is 0.326 e. The second-order valence-corrected chi connectivity index (χ2v) is 7.44. The zero-order chi connectivity index (χ0) is 21.7. The normalized spacial score (nSPS) is 12.4. The Morgan fingerprint density at radius 3 is 2.03 bits per heavy atom. The van der Waals surface area contributed by atoms with Gasteiger partial charge in [0.05, 0.1) is 0 Å². The van der Waals surface area contributed by atoms with Crippen LogP contribution in [0.15, 0.2) is 24.3 Å². The molecule has 4 N–H and O–H groups in total. The van der Waals surface area contributed by atoms with Crippen LogP contribution in [0.4, 0.5) is 0 Å². The molecule has 0 aliphatic rings.